The average Bonchev–Trinajstić information content (AvgIpc) is 3.17. The highest BCUT2D eigenvalue weighted by Gasteiger charge is 2.62. The molecule has 232 valence electrons. The number of carbonyl (C=O) groups excluding carboxylic acids is 2. The summed E-state index contributed by atoms with van der Waals surface area (Å²) in [5.41, 5.74) is 4.67. The van der Waals surface area contributed by atoms with Crippen LogP contribution in [0.5, 0.6) is 0 Å². The van der Waals surface area contributed by atoms with Crippen LogP contribution >= 0.6 is 0 Å². The van der Waals surface area contributed by atoms with Crippen molar-refractivity contribution in [1.29, 1.82) is 0 Å². The fourth-order valence-electron chi connectivity index (χ4n) is 6.48. The number of nitrogens with zero attached hydrogens (tertiary/aromatic N) is 3. The van der Waals surface area contributed by atoms with Crippen LogP contribution in [0.2, 0.25) is 18.1 Å². The van der Waals surface area contributed by atoms with Gasteiger partial charge in [-0.3, -0.25) is 9.80 Å². The van der Waals surface area contributed by atoms with Crippen LogP contribution in [-0.2, 0) is 25.9 Å². The maximum absolute atomic E-state index is 14.2. The van der Waals surface area contributed by atoms with E-state index in [2.05, 4.69) is 64.0 Å². The molecule has 2 atom stereocenters. The molecule has 0 saturated heterocycles. The zero-order valence-corrected chi connectivity index (χ0v) is 28.4. The summed E-state index contributed by atoms with van der Waals surface area (Å²) in [5, 5.41) is 0.0654. The van der Waals surface area contributed by atoms with Crippen molar-refractivity contribution in [2.24, 2.45) is 0 Å². The summed E-state index contributed by atoms with van der Waals surface area (Å²) in [6.07, 6.45) is 1.39. The Morgan fingerprint density at radius 2 is 1.65 bits per heavy atom. The number of likely N-dealkylation sites (N-methyl/N-ethyl adjacent to an activating group) is 1. The van der Waals surface area contributed by atoms with Crippen LogP contribution in [0.4, 0.5) is 21.0 Å². The van der Waals surface area contributed by atoms with Gasteiger partial charge in [-0.1, -0.05) is 51.1 Å². The summed E-state index contributed by atoms with van der Waals surface area (Å²) in [5.74, 6) is 0. The number of rotatable bonds is 4. The smallest absolute Gasteiger partial charge is 0.416 e. The molecule has 0 bridgehead atoms. The highest BCUT2D eigenvalue weighted by atomic mass is 28.4. The molecule has 2 amide bonds. The molecule has 5 rings (SSSR count). The van der Waals surface area contributed by atoms with Gasteiger partial charge in [0.1, 0.15) is 11.8 Å². The van der Waals surface area contributed by atoms with Crippen molar-refractivity contribution in [2.45, 2.75) is 96.8 Å². The van der Waals surface area contributed by atoms with Gasteiger partial charge in [0.15, 0.2) is 8.32 Å². The number of para-hydroxylation sites is 1. The fourth-order valence-corrected chi connectivity index (χ4v) is 7.43. The van der Waals surface area contributed by atoms with E-state index in [4.69, 9.17) is 13.9 Å². The number of ether oxygens (including phenoxy) is 2. The zero-order valence-electron chi connectivity index (χ0n) is 27.4. The van der Waals surface area contributed by atoms with Crippen molar-refractivity contribution in [3.63, 3.8) is 0 Å². The van der Waals surface area contributed by atoms with Gasteiger partial charge < -0.3 is 18.8 Å². The second kappa shape index (κ2) is 10.7. The molecule has 0 unspecified atom stereocenters. The van der Waals surface area contributed by atoms with Gasteiger partial charge in [-0.2, -0.15) is 0 Å². The lowest BCUT2D eigenvalue weighted by molar-refractivity contribution is 0.0548. The minimum atomic E-state index is -2.06. The summed E-state index contributed by atoms with van der Waals surface area (Å²) in [6.45, 7) is 20.0. The number of fused-ring (bicyclic) bond motifs is 3. The van der Waals surface area contributed by atoms with Gasteiger partial charge >= 0.3 is 12.2 Å². The molecule has 3 aliphatic heterocycles. The van der Waals surface area contributed by atoms with E-state index in [9.17, 15) is 9.59 Å². The van der Waals surface area contributed by atoms with Crippen LogP contribution in [0, 0.1) is 0 Å². The van der Waals surface area contributed by atoms with Crippen molar-refractivity contribution in [3.05, 3.63) is 65.4 Å². The van der Waals surface area contributed by atoms with Crippen LogP contribution in [0.1, 0.15) is 71.6 Å². The molecule has 0 aromatic heterocycles. The van der Waals surface area contributed by atoms with E-state index in [-0.39, 0.29) is 11.1 Å². The van der Waals surface area contributed by atoms with Crippen molar-refractivity contribution in [2.75, 3.05) is 30.0 Å². The van der Waals surface area contributed by atoms with Gasteiger partial charge in [0.25, 0.3) is 0 Å². The standard InChI is InChI=1S/C34H47N3O5Si/c1-11-40-30(38)36-20-19-34-25(21-36)24-16-12-13-17-26(24)37(31(39)42-32(2,3)4)29(34)35(8)27-18-14-15-23(28(27)34)22-41-43(9,10)33(5,6)7/h12-18,21,29H,11,19-20,22H2,1-10H3/t29-,34-/m0/s1. The van der Waals surface area contributed by atoms with Crippen LogP contribution in [0.15, 0.2) is 48.7 Å². The molecule has 0 radical (unpaired) electrons. The number of amides is 2. The monoisotopic (exact) mass is 605 g/mol. The molecule has 0 fully saturated rings. The molecule has 8 nitrogen and oxygen atoms in total. The Balaban J connectivity index is 1.75. The van der Waals surface area contributed by atoms with Gasteiger partial charge in [-0.25, -0.2) is 9.59 Å². The molecule has 9 heteroatoms. The second-order valence-electron chi connectivity index (χ2n) is 14.4. The number of carbonyl (C=O) groups is 2. The molecule has 43 heavy (non-hydrogen) atoms. The summed E-state index contributed by atoms with van der Waals surface area (Å²) in [7, 11) is -0.00690. The molecule has 0 aliphatic carbocycles. The lowest BCUT2D eigenvalue weighted by Gasteiger charge is -2.52. The van der Waals surface area contributed by atoms with E-state index in [0.717, 1.165) is 33.6 Å². The van der Waals surface area contributed by atoms with Gasteiger partial charge in [0.2, 0.25) is 0 Å². The van der Waals surface area contributed by atoms with Crippen LogP contribution in [0.3, 0.4) is 0 Å². The Kier molecular flexibility index (Phi) is 7.75. The quantitative estimate of drug-likeness (QED) is 0.330. The second-order valence-corrected chi connectivity index (χ2v) is 19.2. The van der Waals surface area contributed by atoms with E-state index in [1.807, 2.05) is 63.1 Å². The highest BCUT2D eigenvalue weighted by molar-refractivity contribution is 6.74. The van der Waals surface area contributed by atoms with Gasteiger partial charge in [0.05, 0.1) is 24.3 Å². The molecule has 0 saturated carbocycles. The topological polar surface area (TPSA) is 71.5 Å². The fraction of sp³-hybridized carbons (Fsp3) is 0.529. The SMILES string of the molecule is CCOC(=O)N1C=C2c3ccccc3N(C(=O)OC(C)(C)C)[C@@H]3N(C)c4cccc(CO[Si](C)(C)C(C)(C)C)c4[C@]23CC1. The first-order chi connectivity index (χ1) is 20.0. The molecule has 3 aliphatic rings. The molecule has 3 heterocycles. The highest BCUT2D eigenvalue weighted by Crippen LogP contribution is 2.62. The van der Waals surface area contributed by atoms with Crippen molar-refractivity contribution >= 4 is 37.5 Å². The van der Waals surface area contributed by atoms with Gasteiger partial charge in [0, 0.05) is 31.0 Å². The average molecular weight is 606 g/mol. The first kappa shape index (κ1) is 31.1. The van der Waals surface area contributed by atoms with Crippen LogP contribution < -0.4 is 9.80 Å². The van der Waals surface area contributed by atoms with Crippen LogP contribution in [0.25, 0.3) is 5.57 Å². The van der Waals surface area contributed by atoms with Crippen LogP contribution in [-0.4, -0.2) is 57.4 Å². The van der Waals surface area contributed by atoms with E-state index in [1.165, 1.54) is 0 Å². The van der Waals surface area contributed by atoms with E-state index in [1.54, 1.807) is 4.90 Å². The Bertz CT molecular complexity index is 1460. The summed E-state index contributed by atoms with van der Waals surface area (Å²) in [4.78, 5) is 32.9. The number of benzene rings is 2. The van der Waals surface area contributed by atoms with Gasteiger partial charge in [-0.05, 0) is 81.1 Å². The Morgan fingerprint density at radius 1 is 0.977 bits per heavy atom. The lowest BCUT2D eigenvalue weighted by atomic mass is 9.64. The lowest BCUT2D eigenvalue weighted by Crippen LogP contribution is -2.62. The predicted octanol–water partition coefficient (Wildman–Crippen LogP) is 7.88. The Morgan fingerprint density at radius 3 is 2.30 bits per heavy atom. The maximum atomic E-state index is 14.2. The number of hydrogen-bond donors (Lipinski definition) is 0. The third kappa shape index (κ3) is 5.14. The number of anilines is 2. The zero-order chi connectivity index (χ0) is 31.5. The van der Waals surface area contributed by atoms with E-state index >= 15 is 0 Å². The molecule has 2 aromatic rings. The summed E-state index contributed by atoms with van der Waals surface area (Å²) in [6, 6.07) is 14.3. The van der Waals surface area contributed by atoms with Crippen molar-refractivity contribution < 1.29 is 23.5 Å². The maximum Gasteiger partial charge on any atom is 0.416 e. The third-order valence-electron chi connectivity index (χ3n) is 9.46. The Labute approximate surface area is 257 Å². The number of hydrogen-bond acceptors (Lipinski definition) is 6. The molecule has 0 N–H and O–H groups in total. The van der Waals surface area contributed by atoms with E-state index < -0.39 is 31.6 Å². The minimum Gasteiger partial charge on any atom is -0.449 e. The molecular weight excluding hydrogens is 558 g/mol. The van der Waals surface area contributed by atoms with E-state index in [0.29, 0.717) is 26.2 Å². The molecule has 1 spiro atoms. The first-order valence-electron chi connectivity index (χ1n) is 15.3. The minimum absolute atomic E-state index is 0.0654. The van der Waals surface area contributed by atoms with Crippen molar-refractivity contribution in [3.8, 4) is 0 Å². The predicted molar refractivity (Wildman–Crippen MR) is 174 cm³/mol. The third-order valence-corrected chi connectivity index (χ3v) is 13.9. The van der Waals surface area contributed by atoms with Crippen molar-refractivity contribution in [1.82, 2.24) is 4.90 Å². The largest absolute Gasteiger partial charge is 0.449 e. The molecular formula is C34H47N3O5Si. The summed E-state index contributed by atoms with van der Waals surface area (Å²) < 4.78 is 18.3. The first-order valence-corrected chi connectivity index (χ1v) is 18.2. The molecule has 2 aromatic carbocycles. The Hall–Kier alpha value is -3.30. The van der Waals surface area contributed by atoms with Gasteiger partial charge in [-0.15, -0.1) is 0 Å². The summed E-state index contributed by atoms with van der Waals surface area (Å²) >= 11 is 0. The normalized spacial score (nSPS) is 21.4.